The molecule has 1 fully saturated rings. The highest BCUT2D eigenvalue weighted by atomic mass is 35.5. The largest absolute Gasteiger partial charge is 0.346 e. The average Bonchev–Trinajstić information content (AvgIpc) is 3.09. The van der Waals surface area contributed by atoms with Crippen molar-refractivity contribution in [1.82, 2.24) is 14.9 Å². The van der Waals surface area contributed by atoms with Crippen LogP contribution in [0.15, 0.2) is 42.5 Å². The summed E-state index contributed by atoms with van der Waals surface area (Å²) in [5.41, 5.74) is 2.89. The monoisotopic (exact) mass is 429 g/mol. The van der Waals surface area contributed by atoms with E-state index in [0.29, 0.717) is 16.6 Å². The molecule has 1 amide bonds. The molecule has 1 saturated carbocycles. The minimum Gasteiger partial charge on any atom is -0.346 e. The molecule has 1 aliphatic rings. The van der Waals surface area contributed by atoms with Crippen molar-refractivity contribution < 1.29 is 4.79 Å². The maximum Gasteiger partial charge on any atom is 0.223 e. The van der Waals surface area contributed by atoms with Gasteiger partial charge >= 0.3 is 0 Å². The highest BCUT2D eigenvalue weighted by Gasteiger charge is 2.25. The van der Waals surface area contributed by atoms with Crippen molar-refractivity contribution in [3.63, 3.8) is 0 Å². The number of carbonyl (C=O) groups is 1. The van der Waals surface area contributed by atoms with Gasteiger partial charge in [0.05, 0.1) is 23.6 Å². The predicted molar refractivity (Wildman–Crippen MR) is 118 cm³/mol. The molecule has 0 saturated heterocycles. The molecule has 1 aromatic heterocycles. The first-order chi connectivity index (χ1) is 14.0. The molecule has 0 spiro atoms. The van der Waals surface area contributed by atoms with Crippen molar-refractivity contribution >= 4 is 40.1 Å². The SMILES string of the molecule is CC(NC(=O)C1CCCCC1)c1nc2ccccc2n1Cc1ccc(Cl)cc1Cl. The zero-order valence-electron chi connectivity index (χ0n) is 16.5. The minimum atomic E-state index is -0.192. The third-order valence-corrected chi connectivity index (χ3v) is 6.34. The number of benzene rings is 2. The summed E-state index contributed by atoms with van der Waals surface area (Å²) in [4.78, 5) is 17.6. The number of para-hydroxylation sites is 2. The molecule has 2 aromatic carbocycles. The van der Waals surface area contributed by atoms with Gasteiger partial charge in [0.1, 0.15) is 5.82 Å². The zero-order valence-corrected chi connectivity index (χ0v) is 18.0. The number of rotatable bonds is 5. The second-order valence-electron chi connectivity index (χ2n) is 7.85. The van der Waals surface area contributed by atoms with E-state index in [4.69, 9.17) is 28.2 Å². The van der Waals surface area contributed by atoms with E-state index >= 15 is 0 Å². The van der Waals surface area contributed by atoms with Gasteiger partial charge in [-0.25, -0.2) is 4.98 Å². The molecule has 1 atom stereocenters. The lowest BCUT2D eigenvalue weighted by Gasteiger charge is -2.23. The van der Waals surface area contributed by atoms with Gasteiger partial charge in [-0.05, 0) is 49.6 Å². The van der Waals surface area contributed by atoms with Crippen LogP contribution in [-0.2, 0) is 11.3 Å². The van der Waals surface area contributed by atoms with Crippen molar-refractivity contribution in [2.75, 3.05) is 0 Å². The zero-order chi connectivity index (χ0) is 20.4. The molecule has 1 N–H and O–H groups in total. The number of aromatic nitrogens is 2. The molecule has 4 nitrogen and oxygen atoms in total. The van der Waals surface area contributed by atoms with Gasteiger partial charge in [-0.3, -0.25) is 4.79 Å². The summed E-state index contributed by atoms with van der Waals surface area (Å²) >= 11 is 12.5. The summed E-state index contributed by atoms with van der Waals surface area (Å²) in [5, 5.41) is 4.44. The molecule has 6 heteroatoms. The van der Waals surface area contributed by atoms with E-state index in [-0.39, 0.29) is 17.9 Å². The van der Waals surface area contributed by atoms with Gasteiger partial charge in [0.25, 0.3) is 0 Å². The Labute approximate surface area is 181 Å². The first-order valence-corrected chi connectivity index (χ1v) is 11.0. The van der Waals surface area contributed by atoms with E-state index in [1.807, 2.05) is 43.3 Å². The Morgan fingerprint density at radius 1 is 1.17 bits per heavy atom. The number of carbonyl (C=O) groups excluding carboxylic acids is 1. The van der Waals surface area contributed by atoms with E-state index in [2.05, 4.69) is 9.88 Å². The molecular formula is C23H25Cl2N3O. The van der Waals surface area contributed by atoms with E-state index in [1.165, 1.54) is 6.42 Å². The molecule has 0 bridgehead atoms. The summed E-state index contributed by atoms with van der Waals surface area (Å²) in [6, 6.07) is 13.4. The highest BCUT2D eigenvalue weighted by molar-refractivity contribution is 6.35. The van der Waals surface area contributed by atoms with Crippen LogP contribution in [0.5, 0.6) is 0 Å². The number of halogens is 2. The lowest BCUT2D eigenvalue weighted by Crippen LogP contribution is -2.35. The minimum absolute atomic E-state index is 0.120. The molecule has 0 aliphatic heterocycles. The Balaban J connectivity index is 1.64. The van der Waals surface area contributed by atoms with Crippen LogP contribution in [0, 0.1) is 5.92 Å². The van der Waals surface area contributed by atoms with Gasteiger partial charge in [0.15, 0.2) is 0 Å². The van der Waals surface area contributed by atoms with Crippen LogP contribution in [0.3, 0.4) is 0 Å². The fraction of sp³-hybridized carbons (Fsp3) is 0.391. The topological polar surface area (TPSA) is 46.9 Å². The Kier molecular flexibility index (Phi) is 6.12. The van der Waals surface area contributed by atoms with Gasteiger partial charge in [0.2, 0.25) is 5.91 Å². The van der Waals surface area contributed by atoms with E-state index in [1.54, 1.807) is 6.07 Å². The van der Waals surface area contributed by atoms with Crippen molar-refractivity contribution in [2.24, 2.45) is 5.92 Å². The van der Waals surface area contributed by atoms with Crippen LogP contribution in [0.4, 0.5) is 0 Å². The van der Waals surface area contributed by atoms with Crippen LogP contribution in [0.25, 0.3) is 11.0 Å². The molecule has 152 valence electrons. The van der Waals surface area contributed by atoms with Crippen molar-refractivity contribution in [3.8, 4) is 0 Å². The van der Waals surface area contributed by atoms with Crippen molar-refractivity contribution in [3.05, 3.63) is 63.9 Å². The van der Waals surface area contributed by atoms with Gasteiger partial charge in [-0.15, -0.1) is 0 Å². The number of imidazole rings is 1. The Hall–Kier alpha value is -2.04. The van der Waals surface area contributed by atoms with E-state index in [0.717, 1.165) is 48.1 Å². The number of nitrogens with zero attached hydrogens (tertiary/aromatic N) is 2. The first-order valence-electron chi connectivity index (χ1n) is 10.2. The van der Waals surface area contributed by atoms with Crippen molar-refractivity contribution in [1.29, 1.82) is 0 Å². The van der Waals surface area contributed by atoms with Crippen LogP contribution in [0.1, 0.15) is 56.5 Å². The van der Waals surface area contributed by atoms with Crippen LogP contribution < -0.4 is 5.32 Å². The van der Waals surface area contributed by atoms with E-state index in [9.17, 15) is 4.79 Å². The van der Waals surface area contributed by atoms with Crippen LogP contribution in [-0.4, -0.2) is 15.5 Å². The van der Waals surface area contributed by atoms with Gasteiger partial charge in [0, 0.05) is 16.0 Å². The fourth-order valence-corrected chi connectivity index (χ4v) is 4.64. The third kappa shape index (κ3) is 4.44. The summed E-state index contributed by atoms with van der Waals surface area (Å²) in [6.07, 6.45) is 5.47. The summed E-state index contributed by atoms with van der Waals surface area (Å²) < 4.78 is 2.14. The molecule has 1 unspecified atom stereocenters. The summed E-state index contributed by atoms with van der Waals surface area (Å²) in [5.74, 6) is 1.09. The molecule has 3 aromatic rings. The normalized spacial score (nSPS) is 16.1. The lowest BCUT2D eigenvalue weighted by molar-refractivity contribution is -0.126. The molecule has 1 aliphatic carbocycles. The second-order valence-corrected chi connectivity index (χ2v) is 8.69. The Morgan fingerprint density at radius 2 is 1.93 bits per heavy atom. The summed E-state index contributed by atoms with van der Waals surface area (Å²) in [7, 11) is 0. The average molecular weight is 430 g/mol. The Bertz CT molecular complexity index is 1020. The number of fused-ring (bicyclic) bond motifs is 1. The quantitative estimate of drug-likeness (QED) is 0.528. The Morgan fingerprint density at radius 3 is 2.69 bits per heavy atom. The van der Waals surface area contributed by atoms with Crippen LogP contribution in [0.2, 0.25) is 10.0 Å². The molecule has 1 heterocycles. The standard InChI is InChI=1S/C23H25Cl2N3O/c1-15(26-23(29)16-7-3-2-4-8-16)22-27-20-9-5-6-10-21(20)28(22)14-17-11-12-18(24)13-19(17)25/h5-6,9-13,15-16H,2-4,7-8,14H2,1H3,(H,26,29). The van der Waals surface area contributed by atoms with Gasteiger partial charge < -0.3 is 9.88 Å². The van der Waals surface area contributed by atoms with E-state index < -0.39 is 0 Å². The van der Waals surface area contributed by atoms with Crippen LogP contribution >= 0.6 is 23.2 Å². The van der Waals surface area contributed by atoms with Gasteiger partial charge in [-0.2, -0.15) is 0 Å². The smallest absolute Gasteiger partial charge is 0.223 e. The molecule has 29 heavy (non-hydrogen) atoms. The molecule has 0 radical (unpaired) electrons. The van der Waals surface area contributed by atoms with Gasteiger partial charge in [-0.1, -0.05) is 60.7 Å². The number of amides is 1. The number of hydrogen-bond donors (Lipinski definition) is 1. The second kappa shape index (κ2) is 8.76. The molecular weight excluding hydrogens is 405 g/mol. The lowest BCUT2D eigenvalue weighted by atomic mass is 9.88. The third-order valence-electron chi connectivity index (χ3n) is 5.75. The number of nitrogens with one attached hydrogen (secondary N) is 1. The highest BCUT2D eigenvalue weighted by Crippen LogP contribution is 2.28. The fourth-order valence-electron chi connectivity index (χ4n) is 4.17. The first kappa shape index (κ1) is 20.2. The van der Waals surface area contributed by atoms with Crippen molar-refractivity contribution in [2.45, 2.75) is 51.6 Å². The summed E-state index contributed by atoms with van der Waals surface area (Å²) in [6.45, 7) is 2.57. The maximum atomic E-state index is 12.8. The number of hydrogen-bond acceptors (Lipinski definition) is 2. The maximum absolute atomic E-state index is 12.8. The molecule has 4 rings (SSSR count). The predicted octanol–water partition coefficient (Wildman–Crippen LogP) is 6.15.